The quantitative estimate of drug-likeness (QED) is 0.238. The molecule has 0 aromatic heterocycles. The SMILES string of the molecule is CCOC(=O)CCCNC(=O)C(C)=Cc1ccc(N(C)C)cc1[N+](=O)[O-]. The maximum atomic E-state index is 12.1. The molecule has 0 aliphatic carbocycles. The Kier molecular flexibility index (Phi) is 8.27. The van der Waals surface area contributed by atoms with Crippen molar-refractivity contribution in [1.29, 1.82) is 0 Å². The van der Waals surface area contributed by atoms with E-state index in [1.54, 1.807) is 45.0 Å². The summed E-state index contributed by atoms with van der Waals surface area (Å²) < 4.78 is 4.81. The second kappa shape index (κ2) is 10.2. The molecule has 0 bridgehead atoms. The first-order chi connectivity index (χ1) is 12.3. The minimum Gasteiger partial charge on any atom is -0.466 e. The number of rotatable bonds is 9. The highest BCUT2D eigenvalue weighted by Gasteiger charge is 2.15. The van der Waals surface area contributed by atoms with E-state index in [1.807, 2.05) is 0 Å². The Hall–Kier alpha value is -2.90. The number of nitro groups is 1. The van der Waals surface area contributed by atoms with Crippen molar-refractivity contribution in [3.8, 4) is 0 Å². The molecule has 8 heteroatoms. The number of ether oxygens (including phenoxy) is 1. The van der Waals surface area contributed by atoms with Gasteiger partial charge in [0.05, 0.1) is 17.1 Å². The fourth-order valence-corrected chi connectivity index (χ4v) is 2.20. The van der Waals surface area contributed by atoms with Gasteiger partial charge in [-0.05, 0) is 38.5 Å². The maximum absolute atomic E-state index is 12.1. The largest absolute Gasteiger partial charge is 0.466 e. The summed E-state index contributed by atoms with van der Waals surface area (Å²) in [6, 6.07) is 4.84. The van der Waals surface area contributed by atoms with Crippen LogP contribution in [0, 0.1) is 10.1 Å². The number of anilines is 1. The Morgan fingerprint density at radius 1 is 1.35 bits per heavy atom. The average molecular weight is 363 g/mol. The topological polar surface area (TPSA) is 102 Å². The van der Waals surface area contributed by atoms with Crippen LogP contribution < -0.4 is 10.2 Å². The monoisotopic (exact) mass is 363 g/mol. The molecule has 0 aliphatic heterocycles. The van der Waals surface area contributed by atoms with Gasteiger partial charge in [-0.25, -0.2) is 0 Å². The molecule has 0 fully saturated rings. The molecule has 0 heterocycles. The fourth-order valence-electron chi connectivity index (χ4n) is 2.20. The first-order valence-corrected chi connectivity index (χ1v) is 8.34. The molecular weight excluding hydrogens is 338 g/mol. The molecule has 1 aromatic carbocycles. The number of nitrogens with zero attached hydrogens (tertiary/aromatic N) is 2. The molecule has 0 saturated heterocycles. The van der Waals surface area contributed by atoms with Gasteiger partial charge < -0.3 is 15.0 Å². The molecule has 142 valence electrons. The van der Waals surface area contributed by atoms with Gasteiger partial charge in [-0.2, -0.15) is 0 Å². The first-order valence-electron chi connectivity index (χ1n) is 8.34. The minimum atomic E-state index is -0.469. The minimum absolute atomic E-state index is 0.0642. The van der Waals surface area contributed by atoms with Crippen LogP contribution in [0.1, 0.15) is 32.3 Å². The molecule has 0 aliphatic rings. The lowest BCUT2D eigenvalue weighted by Gasteiger charge is -2.12. The molecule has 1 rings (SSSR count). The highest BCUT2D eigenvalue weighted by Crippen LogP contribution is 2.26. The number of nitro benzene ring substituents is 1. The zero-order valence-corrected chi connectivity index (χ0v) is 15.6. The maximum Gasteiger partial charge on any atom is 0.305 e. The molecule has 1 aromatic rings. The average Bonchev–Trinajstić information content (AvgIpc) is 2.58. The number of benzene rings is 1. The summed E-state index contributed by atoms with van der Waals surface area (Å²) in [6.45, 7) is 3.98. The van der Waals surface area contributed by atoms with Crippen LogP contribution in [0.4, 0.5) is 11.4 Å². The van der Waals surface area contributed by atoms with Gasteiger partial charge in [0.15, 0.2) is 0 Å². The third-order valence-electron chi connectivity index (χ3n) is 3.61. The van der Waals surface area contributed by atoms with Gasteiger partial charge in [0.2, 0.25) is 5.91 Å². The van der Waals surface area contributed by atoms with E-state index in [9.17, 15) is 19.7 Å². The van der Waals surface area contributed by atoms with Crippen molar-refractivity contribution >= 4 is 29.3 Å². The predicted octanol–water partition coefficient (Wildman–Crippen LogP) is 2.52. The van der Waals surface area contributed by atoms with Gasteiger partial charge in [-0.15, -0.1) is 0 Å². The van der Waals surface area contributed by atoms with Crippen molar-refractivity contribution in [2.75, 3.05) is 32.1 Å². The Balaban J connectivity index is 2.75. The molecule has 0 unspecified atom stereocenters. The molecular formula is C18H25N3O5. The molecule has 0 spiro atoms. The summed E-state index contributed by atoms with van der Waals surface area (Å²) in [5, 5.41) is 14.0. The van der Waals surface area contributed by atoms with E-state index in [0.29, 0.717) is 36.4 Å². The Morgan fingerprint density at radius 2 is 2.04 bits per heavy atom. The standard InChI is InChI=1S/C18H25N3O5/c1-5-26-17(22)7-6-10-19-18(23)13(2)11-14-8-9-15(20(3)4)12-16(14)21(24)25/h8-9,11-12H,5-7,10H2,1-4H3,(H,19,23). The predicted molar refractivity (Wildman–Crippen MR) is 100.0 cm³/mol. The third kappa shape index (κ3) is 6.54. The van der Waals surface area contributed by atoms with Crippen LogP contribution in [0.5, 0.6) is 0 Å². The number of esters is 1. The van der Waals surface area contributed by atoms with Crippen molar-refractivity contribution in [3.63, 3.8) is 0 Å². The number of hydrogen-bond acceptors (Lipinski definition) is 6. The van der Waals surface area contributed by atoms with Gasteiger partial charge in [0.25, 0.3) is 5.69 Å². The van der Waals surface area contributed by atoms with Crippen molar-refractivity contribution in [3.05, 3.63) is 39.4 Å². The van der Waals surface area contributed by atoms with Gasteiger partial charge in [-0.3, -0.25) is 19.7 Å². The van der Waals surface area contributed by atoms with Crippen LogP contribution in [0.15, 0.2) is 23.8 Å². The van der Waals surface area contributed by atoms with Crippen LogP contribution in [0.25, 0.3) is 6.08 Å². The smallest absolute Gasteiger partial charge is 0.305 e. The van der Waals surface area contributed by atoms with E-state index in [-0.39, 0.29) is 24.0 Å². The van der Waals surface area contributed by atoms with Gasteiger partial charge in [-0.1, -0.05) is 0 Å². The summed E-state index contributed by atoms with van der Waals surface area (Å²) in [5.74, 6) is -0.634. The summed E-state index contributed by atoms with van der Waals surface area (Å²) in [5.41, 5.74) is 1.35. The van der Waals surface area contributed by atoms with Gasteiger partial charge in [0.1, 0.15) is 0 Å². The molecule has 1 N–H and O–H groups in total. The second-order valence-electron chi connectivity index (χ2n) is 5.89. The first kappa shape index (κ1) is 21.1. The summed E-state index contributed by atoms with van der Waals surface area (Å²) >= 11 is 0. The van der Waals surface area contributed by atoms with Crippen molar-refractivity contribution < 1.29 is 19.2 Å². The second-order valence-corrected chi connectivity index (χ2v) is 5.89. The van der Waals surface area contributed by atoms with Crippen LogP contribution in [0.2, 0.25) is 0 Å². The summed E-state index contributed by atoms with van der Waals surface area (Å²) in [7, 11) is 3.59. The molecule has 0 saturated carbocycles. The molecule has 8 nitrogen and oxygen atoms in total. The van der Waals surface area contributed by atoms with Crippen LogP contribution in [-0.4, -0.2) is 44.0 Å². The molecule has 0 radical (unpaired) electrons. The van der Waals surface area contributed by atoms with E-state index in [0.717, 1.165) is 0 Å². The Morgan fingerprint density at radius 3 is 2.62 bits per heavy atom. The number of hydrogen-bond donors (Lipinski definition) is 1. The molecule has 1 amide bonds. The Bertz CT molecular complexity index is 698. The van der Waals surface area contributed by atoms with Crippen molar-refractivity contribution in [2.45, 2.75) is 26.7 Å². The van der Waals surface area contributed by atoms with Gasteiger partial charge >= 0.3 is 5.97 Å². The van der Waals surface area contributed by atoms with Crippen molar-refractivity contribution in [1.82, 2.24) is 5.32 Å². The number of amides is 1. The fraction of sp³-hybridized carbons (Fsp3) is 0.444. The lowest BCUT2D eigenvalue weighted by atomic mass is 10.1. The summed E-state index contributed by atoms with van der Waals surface area (Å²) in [6.07, 6.45) is 2.18. The lowest BCUT2D eigenvalue weighted by molar-refractivity contribution is -0.385. The van der Waals surface area contributed by atoms with Crippen LogP contribution in [-0.2, 0) is 14.3 Å². The van der Waals surface area contributed by atoms with Crippen LogP contribution in [0.3, 0.4) is 0 Å². The highest BCUT2D eigenvalue weighted by atomic mass is 16.6. The third-order valence-corrected chi connectivity index (χ3v) is 3.61. The summed E-state index contributed by atoms with van der Waals surface area (Å²) in [4.78, 5) is 35.9. The number of carbonyl (C=O) groups excluding carboxylic acids is 2. The van der Waals surface area contributed by atoms with E-state index >= 15 is 0 Å². The van der Waals surface area contributed by atoms with Gasteiger partial charge in [0, 0.05) is 44.4 Å². The zero-order chi connectivity index (χ0) is 19.7. The van der Waals surface area contributed by atoms with E-state index in [2.05, 4.69) is 5.32 Å². The van der Waals surface area contributed by atoms with Crippen LogP contribution >= 0.6 is 0 Å². The van der Waals surface area contributed by atoms with E-state index in [4.69, 9.17) is 4.74 Å². The number of carbonyl (C=O) groups is 2. The highest BCUT2D eigenvalue weighted by molar-refractivity contribution is 5.97. The lowest BCUT2D eigenvalue weighted by Crippen LogP contribution is -2.25. The Labute approximate surface area is 153 Å². The van der Waals surface area contributed by atoms with E-state index < -0.39 is 4.92 Å². The zero-order valence-electron chi connectivity index (χ0n) is 15.6. The molecule has 0 atom stereocenters. The van der Waals surface area contributed by atoms with Crippen molar-refractivity contribution in [2.24, 2.45) is 0 Å². The number of nitrogens with one attached hydrogen (secondary N) is 1. The normalized spacial score (nSPS) is 11.0. The van der Waals surface area contributed by atoms with E-state index in [1.165, 1.54) is 12.1 Å². The molecule has 26 heavy (non-hydrogen) atoms.